The van der Waals surface area contributed by atoms with Gasteiger partial charge in [-0.25, -0.2) is 0 Å². The number of likely N-dealkylation sites (tertiary alicyclic amines) is 1. The minimum Gasteiger partial charge on any atom is -0.390 e. The molecular weight excluding hydrogens is 170 g/mol. The van der Waals surface area contributed by atoms with Crippen molar-refractivity contribution in [1.29, 1.82) is 0 Å². The van der Waals surface area contributed by atoms with E-state index in [0.717, 1.165) is 6.54 Å². The largest absolute Gasteiger partial charge is 0.390 e. The molecule has 1 rings (SSSR count). The molecule has 13 heavy (non-hydrogen) atoms. The van der Waals surface area contributed by atoms with E-state index in [1.165, 1.54) is 0 Å². The molecule has 3 N–H and O–H groups in total. The molecule has 2 atom stereocenters. The van der Waals surface area contributed by atoms with Crippen molar-refractivity contribution in [2.24, 2.45) is 0 Å². The second-order valence-corrected chi connectivity index (χ2v) is 4.46. The molecule has 0 aromatic heterocycles. The summed E-state index contributed by atoms with van der Waals surface area (Å²) in [7, 11) is 0. The van der Waals surface area contributed by atoms with Crippen molar-refractivity contribution in [3.05, 3.63) is 0 Å². The number of rotatable bonds is 3. The van der Waals surface area contributed by atoms with Crippen LogP contribution in [0.25, 0.3) is 0 Å². The quantitative estimate of drug-likeness (QED) is 0.543. The topological polar surface area (TPSA) is 63.9 Å². The molecule has 1 fully saturated rings. The Balaban J connectivity index is 2.25. The van der Waals surface area contributed by atoms with Crippen LogP contribution >= 0.6 is 0 Å². The van der Waals surface area contributed by atoms with E-state index in [4.69, 9.17) is 0 Å². The molecule has 1 aliphatic rings. The van der Waals surface area contributed by atoms with Crippen LogP contribution in [0.3, 0.4) is 0 Å². The van der Waals surface area contributed by atoms with Gasteiger partial charge in [-0.15, -0.1) is 0 Å². The van der Waals surface area contributed by atoms with Gasteiger partial charge in [-0.1, -0.05) is 0 Å². The molecule has 78 valence electrons. The number of β-amino-alcohol motifs (C(OH)–C–C–N with tert-alkyl or cyclic N) is 2. The van der Waals surface area contributed by atoms with Gasteiger partial charge in [0.2, 0.25) is 0 Å². The first-order valence-corrected chi connectivity index (χ1v) is 4.69. The molecule has 0 aliphatic carbocycles. The zero-order valence-corrected chi connectivity index (χ0v) is 8.27. The van der Waals surface area contributed by atoms with Gasteiger partial charge in [0.25, 0.3) is 0 Å². The SMILES string of the molecule is CC(C)(O)CCN1CC(O)C(O)C1. The summed E-state index contributed by atoms with van der Waals surface area (Å²) >= 11 is 0. The van der Waals surface area contributed by atoms with Gasteiger partial charge in [-0.2, -0.15) is 0 Å². The fraction of sp³-hybridized carbons (Fsp3) is 1.00. The van der Waals surface area contributed by atoms with E-state index in [0.29, 0.717) is 19.5 Å². The van der Waals surface area contributed by atoms with Crippen LogP contribution in [0.5, 0.6) is 0 Å². The number of hydrogen-bond donors (Lipinski definition) is 3. The number of aliphatic hydroxyl groups is 3. The maximum atomic E-state index is 9.46. The molecule has 0 radical (unpaired) electrons. The molecule has 1 aliphatic heterocycles. The molecule has 1 heterocycles. The fourth-order valence-electron chi connectivity index (χ4n) is 1.46. The van der Waals surface area contributed by atoms with Crippen LogP contribution < -0.4 is 0 Å². The van der Waals surface area contributed by atoms with E-state index < -0.39 is 17.8 Å². The summed E-state index contributed by atoms with van der Waals surface area (Å²) in [5.74, 6) is 0. The van der Waals surface area contributed by atoms with Crippen LogP contribution in [0.2, 0.25) is 0 Å². The lowest BCUT2D eigenvalue weighted by atomic mass is 10.1. The highest BCUT2D eigenvalue weighted by molar-refractivity contribution is 4.84. The monoisotopic (exact) mass is 189 g/mol. The van der Waals surface area contributed by atoms with E-state index in [9.17, 15) is 15.3 Å². The van der Waals surface area contributed by atoms with Gasteiger partial charge in [-0.05, 0) is 20.3 Å². The molecule has 4 heteroatoms. The molecule has 0 bridgehead atoms. The molecular formula is C9H19NO3. The summed E-state index contributed by atoms with van der Waals surface area (Å²) in [6, 6.07) is 0. The summed E-state index contributed by atoms with van der Waals surface area (Å²) in [6.45, 7) is 5.26. The highest BCUT2D eigenvalue weighted by atomic mass is 16.3. The Hall–Kier alpha value is -0.160. The van der Waals surface area contributed by atoms with Crippen LogP contribution in [-0.2, 0) is 0 Å². The van der Waals surface area contributed by atoms with Crippen molar-refractivity contribution in [1.82, 2.24) is 4.90 Å². The predicted octanol–water partition coefficient (Wildman–Crippen LogP) is -0.815. The molecule has 0 aromatic rings. The van der Waals surface area contributed by atoms with Gasteiger partial charge >= 0.3 is 0 Å². The van der Waals surface area contributed by atoms with Gasteiger partial charge in [-0.3, -0.25) is 4.90 Å². The Morgan fingerprint density at radius 1 is 1.23 bits per heavy atom. The number of nitrogens with zero attached hydrogens (tertiary/aromatic N) is 1. The third kappa shape index (κ3) is 3.60. The first-order chi connectivity index (χ1) is 5.88. The summed E-state index contributed by atoms with van der Waals surface area (Å²) in [5.41, 5.74) is -0.668. The predicted molar refractivity (Wildman–Crippen MR) is 49.4 cm³/mol. The lowest BCUT2D eigenvalue weighted by Gasteiger charge is -2.21. The van der Waals surface area contributed by atoms with Crippen molar-refractivity contribution in [2.75, 3.05) is 19.6 Å². The zero-order chi connectivity index (χ0) is 10.1. The summed E-state index contributed by atoms with van der Waals surface area (Å²) in [4.78, 5) is 1.97. The molecule has 4 nitrogen and oxygen atoms in total. The van der Waals surface area contributed by atoms with Crippen molar-refractivity contribution in [2.45, 2.75) is 38.1 Å². The maximum Gasteiger partial charge on any atom is 0.0938 e. The second kappa shape index (κ2) is 3.92. The van der Waals surface area contributed by atoms with Gasteiger partial charge in [0.1, 0.15) is 0 Å². The lowest BCUT2D eigenvalue weighted by Crippen LogP contribution is -2.30. The molecule has 1 saturated heterocycles. The molecule has 2 unspecified atom stereocenters. The van der Waals surface area contributed by atoms with E-state index in [-0.39, 0.29) is 0 Å². The average Bonchev–Trinajstić information content (AvgIpc) is 2.27. The lowest BCUT2D eigenvalue weighted by molar-refractivity contribution is 0.0572. The second-order valence-electron chi connectivity index (χ2n) is 4.46. The van der Waals surface area contributed by atoms with Crippen LogP contribution in [0.1, 0.15) is 20.3 Å². The smallest absolute Gasteiger partial charge is 0.0938 e. The minimum atomic E-state index is -0.668. The van der Waals surface area contributed by atoms with E-state index in [1.807, 2.05) is 4.90 Å². The molecule has 0 aromatic carbocycles. The van der Waals surface area contributed by atoms with Crippen LogP contribution in [-0.4, -0.2) is 57.7 Å². The Kier molecular flexibility index (Phi) is 3.29. The Morgan fingerprint density at radius 2 is 1.69 bits per heavy atom. The Bertz CT molecular complexity index is 157. The van der Waals surface area contributed by atoms with Crippen LogP contribution in [0.4, 0.5) is 0 Å². The fourth-order valence-corrected chi connectivity index (χ4v) is 1.46. The van der Waals surface area contributed by atoms with Crippen molar-refractivity contribution in [3.8, 4) is 0 Å². The van der Waals surface area contributed by atoms with Crippen molar-refractivity contribution in [3.63, 3.8) is 0 Å². The highest BCUT2D eigenvalue weighted by Crippen LogP contribution is 2.14. The molecule has 0 spiro atoms. The summed E-state index contributed by atoms with van der Waals surface area (Å²) in [6.07, 6.45) is -0.587. The van der Waals surface area contributed by atoms with Crippen molar-refractivity contribution < 1.29 is 15.3 Å². The third-order valence-corrected chi connectivity index (χ3v) is 2.37. The summed E-state index contributed by atoms with van der Waals surface area (Å²) in [5, 5.41) is 27.9. The summed E-state index contributed by atoms with van der Waals surface area (Å²) < 4.78 is 0. The number of hydrogen-bond acceptors (Lipinski definition) is 4. The van der Waals surface area contributed by atoms with Gasteiger partial charge < -0.3 is 15.3 Å². The van der Waals surface area contributed by atoms with Crippen LogP contribution in [0.15, 0.2) is 0 Å². The normalized spacial score (nSPS) is 31.2. The maximum absolute atomic E-state index is 9.46. The zero-order valence-electron chi connectivity index (χ0n) is 8.27. The van der Waals surface area contributed by atoms with Gasteiger partial charge in [0, 0.05) is 19.6 Å². The third-order valence-electron chi connectivity index (χ3n) is 2.37. The molecule has 0 saturated carbocycles. The first-order valence-electron chi connectivity index (χ1n) is 4.69. The average molecular weight is 189 g/mol. The molecule has 0 amide bonds. The first kappa shape index (κ1) is 10.9. The highest BCUT2D eigenvalue weighted by Gasteiger charge is 2.29. The van der Waals surface area contributed by atoms with E-state index in [1.54, 1.807) is 13.8 Å². The van der Waals surface area contributed by atoms with Crippen molar-refractivity contribution >= 4 is 0 Å². The van der Waals surface area contributed by atoms with Crippen LogP contribution in [0, 0.1) is 0 Å². The standard InChI is InChI=1S/C9H19NO3/c1-9(2,13)3-4-10-5-7(11)8(12)6-10/h7-8,11-13H,3-6H2,1-2H3. The van der Waals surface area contributed by atoms with E-state index >= 15 is 0 Å². The number of aliphatic hydroxyl groups excluding tert-OH is 2. The Labute approximate surface area is 78.8 Å². The van der Waals surface area contributed by atoms with E-state index in [2.05, 4.69) is 0 Å². The Morgan fingerprint density at radius 3 is 2.08 bits per heavy atom. The van der Waals surface area contributed by atoms with Gasteiger partial charge in [0.05, 0.1) is 17.8 Å². The minimum absolute atomic E-state index is 0.511. The van der Waals surface area contributed by atoms with Gasteiger partial charge in [0.15, 0.2) is 0 Å².